The molecule has 0 unspecified atom stereocenters. The number of benzene rings is 1. The van der Waals surface area contributed by atoms with Crippen LogP contribution in [-0.2, 0) is 4.79 Å². The van der Waals surface area contributed by atoms with Crippen LogP contribution in [-0.4, -0.2) is 17.7 Å². The van der Waals surface area contributed by atoms with Gasteiger partial charge in [-0.3, -0.25) is 0 Å². The van der Waals surface area contributed by atoms with Crippen LogP contribution >= 0.6 is 0 Å². The molecule has 17 heavy (non-hydrogen) atoms. The Labute approximate surface area is 102 Å². The number of hydrogen-bond acceptors (Lipinski definition) is 2. The van der Waals surface area contributed by atoms with E-state index in [2.05, 4.69) is 13.5 Å². The van der Waals surface area contributed by atoms with Crippen molar-refractivity contribution in [2.45, 2.75) is 26.2 Å². The van der Waals surface area contributed by atoms with Crippen molar-refractivity contribution in [3.8, 4) is 5.75 Å². The van der Waals surface area contributed by atoms with Crippen molar-refractivity contribution in [2.75, 3.05) is 6.61 Å². The molecule has 0 aromatic heterocycles. The number of unbranched alkanes of at least 4 members (excludes halogenated alkanes) is 2. The van der Waals surface area contributed by atoms with Crippen LogP contribution in [0.3, 0.4) is 0 Å². The molecule has 3 heteroatoms. The molecule has 1 rings (SSSR count). The van der Waals surface area contributed by atoms with Gasteiger partial charge in [-0.1, -0.05) is 38.5 Å². The van der Waals surface area contributed by atoms with E-state index in [1.165, 1.54) is 6.42 Å². The molecule has 3 nitrogen and oxygen atoms in total. The summed E-state index contributed by atoms with van der Waals surface area (Å²) in [7, 11) is 0. The Morgan fingerprint density at radius 2 is 1.94 bits per heavy atom. The minimum Gasteiger partial charge on any atom is -0.494 e. The van der Waals surface area contributed by atoms with Crippen molar-refractivity contribution in [1.82, 2.24) is 0 Å². The second kappa shape index (κ2) is 6.74. The highest BCUT2D eigenvalue weighted by Gasteiger charge is 2.06. The average molecular weight is 234 g/mol. The number of rotatable bonds is 7. The van der Waals surface area contributed by atoms with Crippen molar-refractivity contribution in [1.29, 1.82) is 0 Å². The highest BCUT2D eigenvalue weighted by atomic mass is 16.5. The fraction of sp³-hybridized carbons (Fsp3) is 0.357. The van der Waals surface area contributed by atoms with E-state index in [0.717, 1.165) is 18.6 Å². The van der Waals surface area contributed by atoms with Gasteiger partial charge in [0.05, 0.1) is 12.2 Å². The summed E-state index contributed by atoms with van der Waals surface area (Å²) in [5.74, 6) is -0.232. The number of aliphatic carboxylic acids is 1. The van der Waals surface area contributed by atoms with E-state index in [9.17, 15) is 4.79 Å². The summed E-state index contributed by atoms with van der Waals surface area (Å²) < 4.78 is 5.53. The van der Waals surface area contributed by atoms with Crippen LogP contribution in [0.2, 0.25) is 0 Å². The molecule has 0 aliphatic carbocycles. The standard InChI is InChI=1S/C14H18O3/c1-3-4-5-10-17-13-8-6-12(7-9-13)11(2)14(15)16/h6-9H,2-5,10H2,1H3,(H,15,16). The molecule has 1 N–H and O–H groups in total. The number of carboxylic acid groups (broad SMARTS) is 1. The predicted octanol–water partition coefficient (Wildman–Crippen LogP) is 3.35. The molecule has 0 atom stereocenters. The summed E-state index contributed by atoms with van der Waals surface area (Å²) in [6.07, 6.45) is 3.37. The van der Waals surface area contributed by atoms with Gasteiger partial charge in [0.1, 0.15) is 5.75 Å². The monoisotopic (exact) mass is 234 g/mol. The van der Waals surface area contributed by atoms with Gasteiger partial charge >= 0.3 is 5.97 Å². The fourth-order valence-corrected chi connectivity index (χ4v) is 1.42. The first-order chi connectivity index (χ1) is 8.15. The molecule has 0 bridgehead atoms. The highest BCUT2D eigenvalue weighted by molar-refractivity contribution is 6.14. The summed E-state index contributed by atoms with van der Waals surface area (Å²) >= 11 is 0. The summed E-state index contributed by atoms with van der Waals surface area (Å²) in [4.78, 5) is 10.7. The number of carboxylic acids is 1. The van der Waals surface area contributed by atoms with E-state index in [4.69, 9.17) is 9.84 Å². The zero-order valence-electron chi connectivity index (χ0n) is 10.1. The Balaban J connectivity index is 2.50. The molecule has 0 saturated carbocycles. The van der Waals surface area contributed by atoms with Crippen LogP contribution in [0, 0.1) is 0 Å². The molecular weight excluding hydrogens is 216 g/mol. The first kappa shape index (κ1) is 13.3. The van der Waals surface area contributed by atoms with Gasteiger partial charge in [-0.15, -0.1) is 0 Å². The zero-order valence-corrected chi connectivity index (χ0v) is 10.1. The summed E-state index contributed by atoms with van der Waals surface area (Å²) in [5, 5.41) is 8.77. The molecule has 0 saturated heterocycles. The molecule has 0 amide bonds. The molecule has 0 fully saturated rings. The lowest BCUT2D eigenvalue weighted by Crippen LogP contribution is -1.99. The van der Waals surface area contributed by atoms with Gasteiger partial charge in [0, 0.05) is 0 Å². The maximum Gasteiger partial charge on any atom is 0.335 e. The van der Waals surface area contributed by atoms with Gasteiger partial charge in [0.25, 0.3) is 0 Å². The van der Waals surface area contributed by atoms with Crippen molar-refractivity contribution in [2.24, 2.45) is 0 Å². The average Bonchev–Trinajstić information content (AvgIpc) is 2.34. The van der Waals surface area contributed by atoms with Gasteiger partial charge in [-0.25, -0.2) is 4.79 Å². The van der Waals surface area contributed by atoms with Crippen LogP contribution in [0.25, 0.3) is 5.57 Å². The molecule has 0 radical (unpaired) electrons. The third-order valence-electron chi connectivity index (χ3n) is 2.48. The number of hydrogen-bond donors (Lipinski definition) is 1. The summed E-state index contributed by atoms with van der Waals surface area (Å²) in [6.45, 7) is 6.35. The van der Waals surface area contributed by atoms with Gasteiger partial charge in [-0.05, 0) is 24.1 Å². The van der Waals surface area contributed by atoms with Crippen LogP contribution in [0.1, 0.15) is 31.7 Å². The lowest BCUT2D eigenvalue weighted by Gasteiger charge is -2.06. The fourth-order valence-electron chi connectivity index (χ4n) is 1.42. The smallest absolute Gasteiger partial charge is 0.335 e. The van der Waals surface area contributed by atoms with Crippen LogP contribution in [0.4, 0.5) is 0 Å². The van der Waals surface area contributed by atoms with Gasteiger partial charge in [0.2, 0.25) is 0 Å². The highest BCUT2D eigenvalue weighted by Crippen LogP contribution is 2.18. The molecule has 0 aliphatic heterocycles. The van der Waals surface area contributed by atoms with Gasteiger partial charge in [0.15, 0.2) is 0 Å². The van der Waals surface area contributed by atoms with Gasteiger partial charge in [-0.2, -0.15) is 0 Å². The normalized spacial score (nSPS) is 9.94. The SMILES string of the molecule is C=C(C(=O)O)c1ccc(OCCCCC)cc1. The molecule has 1 aromatic carbocycles. The Kier molecular flexibility index (Phi) is 5.27. The minimum absolute atomic E-state index is 0.0996. The number of ether oxygens (including phenoxy) is 1. The van der Waals surface area contributed by atoms with Crippen molar-refractivity contribution in [3.63, 3.8) is 0 Å². The van der Waals surface area contributed by atoms with E-state index in [-0.39, 0.29) is 5.57 Å². The molecule has 1 aromatic rings. The van der Waals surface area contributed by atoms with Crippen LogP contribution in [0.5, 0.6) is 5.75 Å². The Morgan fingerprint density at radius 3 is 2.47 bits per heavy atom. The molecule has 92 valence electrons. The third kappa shape index (κ3) is 4.31. The van der Waals surface area contributed by atoms with E-state index in [1.54, 1.807) is 24.3 Å². The van der Waals surface area contributed by atoms with E-state index >= 15 is 0 Å². The number of carbonyl (C=O) groups is 1. The second-order valence-corrected chi connectivity index (χ2v) is 3.86. The molecule has 0 aliphatic rings. The molecule has 0 spiro atoms. The lowest BCUT2D eigenvalue weighted by atomic mass is 10.1. The largest absolute Gasteiger partial charge is 0.494 e. The zero-order chi connectivity index (χ0) is 12.7. The topological polar surface area (TPSA) is 46.5 Å². The van der Waals surface area contributed by atoms with E-state index in [0.29, 0.717) is 12.2 Å². The summed E-state index contributed by atoms with van der Waals surface area (Å²) in [6, 6.07) is 6.97. The van der Waals surface area contributed by atoms with Crippen molar-refractivity contribution >= 4 is 11.5 Å². The quantitative estimate of drug-likeness (QED) is 0.581. The molecular formula is C14H18O3. The Bertz CT molecular complexity index is 379. The second-order valence-electron chi connectivity index (χ2n) is 3.86. The van der Waals surface area contributed by atoms with Crippen LogP contribution in [0.15, 0.2) is 30.8 Å². The predicted molar refractivity (Wildman–Crippen MR) is 68.1 cm³/mol. The molecule has 0 heterocycles. The van der Waals surface area contributed by atoms with Crippen LogP contribution < -0.4 is 4.74 Å². The maximum atomic E-state index is 10.7. The lowest BCUT2D eigenvalue weighted by molar-refractivity contribution is -0.130. The maximum absolute atomic E-state index is 10.7. The third-order valence-corrected chi connectivity index (χ3v) is 2.48. The first-order valence-corrected chi connectivity index (χ1v) is 5.80. The van der Waals surface area contributed by atoms with Gasteiger partial charge < -0.3 is 9.84 Å². The van der Waals surface area contributed by atoms with Crippen molar-refractivity contribution in [3.05, 3.63) is 36.4 Å². The van der Waals surface area contributed by atoms with E-state index in [1.807, 2.05) is 0 Å². The summed E-state index contributed by atoms with van der Waals surface area (Å²) in [5.41, 5.74) is 0.709. The Hall–Kier alpha value is -1.77. The minimum atomic E-state index is -0.999. The van der Waals surface area contributed by atoms with Crippen molar-refractivity contribution < 1.29 is 14.6 Å². The Morgan fingerprint density at radius 1 is 1.29 bits per heavy atom. The van der Waals surface area contributed by atoms with E-state index < -0.39 is 5.97 Å². The first-order valence-electron chi connectivity index (χ1n) is 5.80.